The molecule has 0 aliphatic heterocycles. The van der Waals surface area contributed by atoms with Crippen molar-refractivity contribution in [1.29, 1.82) is 0 Å². The molecule has 3 aromatic rings. The van der Waals surface area contributed by atoms with E-state index >= 15 is 0 Å². The van der Waals surface area contributed by atoms with Crippen molar-refractivity contribution >= 4 is 40.6 Å². The molecule has 0 amide bonds. The zero-order valence-electron chi connectivity index (χ0n) is 16.8. The fourth-order valence-electron chi connectivity index (χ4n) is 2.54. The Morgan fingerprint density at radius 1 is 1.17 bits per heavy atom. The molecule has 0 radical (unpaired) electrons. The molecular formula is C21H22N4O3S2. The maximum absolute atomic E-state index is 5.83. The maximum Gasteiger partial charge on any atom is 0.191 e. The van der Waals surface area contributed by atoms with E-state index < -0.39 is 0 Å². The molecule has 3 rings (SSSR count). The molecule has 0 spiro atoms. The molecule has 2 aromatic carbocycles. The van der Waals surface area contributed by atoms with Gasteiger partial charge in [-0.3, -0.25) is 5.43 Å². The Balaban J connectivity index is 1.56. The predicted octanol–water partition coefficient (Wildman–Crippen LogP) is 4.37. The summed E-state index contributed by atoms with van der Waals surface area (Å²) in [7, 11) is 3.21. The molecule has 0 saturated heterocycles. The molecule has 2 N–H and O–H groups in total. The first-order valence-corrected chi connectivity index (χ1v) is 10.3. The van der Waals surface area contributed by atoms with Crippen molar-refractivity contribution in [2.45, 2.75) is 13.5 Å². The van der Waals surface area contributed by atoms with Crippen LogP contribution >= 0.6 is 23.6 Å². The van der Waals surface area contributed by atoms with Gasteiger partial charge in [-0.15, -0.1) is 11.3 Å². The molecule has 1 heterocycles. The van der Waals surface area contributed by atoms with E-state index in [2.05, 4.69) is 20.8 Å². The van der Waals surface area contributed by atoms with Crippen molar-refractivity contribution in [3.8, 4) is 17.2 Å². The van der Waals surface area contributed by atoms with Crippen LogP contribution in [0.1, 0.15) is 16.3 Å². The first-order chi connectivity index (χ1) is 14.6. The fraction of sp³-hybridized carbons (Fsp3) is 0.190. The second-order valence-electron chi connectivity index (χ2n) is 6.11. The van der Waals surface area contributed by atoms with Gasteiger partial charge in [0.2, 0.25) is 0 Å². The number of thiocarbonyl (C=S) groups is 1. The first kappa shape index (κ1) is 21.5. The van der Waals surface area contributed by atoms with Gasteiger partial charge in [-0.05, 0) is 55.0 Å². The van der Waals surface area contributed by atoms with E-state index in [1.807, 2.05) is 54.8 Å². The third kappa shape index (κ3) is 6.16. The van der Waals surface area contributed by atoms with Crippen LogP contribution in [0.2, 0.25) is 0 Å². The number of hydrogen-bond donors (Lipinski definition) is 2. The summed E-state index contributed by atoms with van der Waals surface area (Å²) in [6, 6.07) is 13.0. The van der Waals surface area contributed by atoms with Crippen molar-refractivity contribution < 1.29 is 14.2 Å². The number of hydrazone groups is 1. The highest BCUT2D eigenvalue weighted by atomic mass is 32.1. The summed E-state index contributed by atoms with van der Waals surface area (Å²) in [4.78, 5) is 4.39. The Kier molecular flexibility index (Phi) is 7.58. The van der Waals surface area contributed by atoms with Gasteiger partial charge in [0.05, 0.1) is 31.1 Å². The molecule has 0 unspecified atom stereocenters. The standard InChI is InChI=1S/C21H22N4O3S2/c1-14-23-17(13-30-14)12-28-19-8-7-15(9-20(19)27-3)11-22-25-21(29)24-16-5-4-6-18(10-16)26-2/h4-11,13H,12H2,1-3H3,(H2,24,25,29). The van der Waals surface area contributed by atoms with Gasteiger partial charge in [0.15, 0.2) is 16.6 Å². The highest BCUT2D eigenvalue weighted by Crippen LogP contribution is 2.28. The van der Waals surface area contributed by atoms with Crippen LogP contribution in [-0.4, -0.2) is 30.5 Å². The number of methoxy groups -OCH3 is 2. The van der Waals surface area contributed by atoms with E-state index in [1.165, 1.54) is 0 Å². The van der Waals surface area contributed by atoms with Crippen molar-refractivity contribution in [3.63, 3.8) is 0 Å². The number of anilines is 1. The van der Waals surface area contributed by atoms with Crippen LogP contribution < -0.4 is 25.0 Å². The summed E-state index contributed by atoms with van der Waals surface area (Å²) in [5, 5.41) is 10.6. The molecule has 0 saturated carbocycles. The molecule has 9 heteroatoms. The zero-order valence-corrected chi connectivity index (χ0v) is 18.5. The number of aromatic nitrogens is 1. The van der Waals surface area contributed by atoms with E-state index in [9.17, 15) is 0 Å². The summed E-state index contributed by atoms with van der Waals surface area (Å²) in [5.74, 6) is 2.00. The SMILES string of the molecule is COc1cccc(NC(=S)NN=Cc2ccc(OCc3csc(C)n3)c(OC)c2)c1. The van der Waals surface area contributed by atoms with Crippen LogP contribution in [-0.2, 0) is 6.61 Å². The number of hydrogen-bond acceptors (Lipinski definition) is 7. The lowest BCUT2D eigenvalue weighted by Gasteiger charge is -2.10. The lowest BCUT2D eigenvalue weighted by Crippen LogP contribution is -2.23. The van der Waals surface area contributed by atoms with Gasteiger partial charge in [-0.25, -0.2) is 4.98 Å². The predicted molar refractivity (Wildman–Crippen MR) is 124 cm³/mol. The van der Waals surface area contributed by atoms with Crippen molar-refractivity contribution in [3.05, 3.63) is 64.1 Å². The molecule has 0 fully saturated rings. The second kappa shape index (κ2) is 10.6. The average molecular weight is 443 g/mol. The molecule has 0 bridgehead atoms. The lowest BCUT2D eigenvalue weighted by atomic mass is 10.2. The summed E-state index contributed by atoms with van der Waals surface area (Å²) in [5.41, 5.74) is 5.32. The average Bonchev–Trinajstić information content (AvgIpc) is 3.17. The van der Waals surface area contributed by atoms with E-state index in [4.69, 9.17) is 26.4 Å². The summed E-state index contributed by atoms with van der Waals surface area (Å²) >= 11 is 6.85. The smallest absolute Gasteiger partial charge is 0.191 e. The Labute approximate surface area is 184 Å². The van der Waals surface area contributed by atoms with Crippen molar-refractivity contribution in [1.82, 2.24) is 10.4 Å². The third-order valence-corrected chi connectivity index (χ3v) is 4.95. The Bertz CT molecular complexity index is 1040. The highest BCUT2D eigenvalue weighted by Gasteiger charge is 2.07. The largest absolute Gasteiger partial charge is 0.497 e. The van der Waals surface area contributed by atoms with Gasteiger partial charge < -0.3 is 19.5 Å². The fourth-order valence-corrected chi connectivity index (χ4v) is 3.30. The van der Waals surface area contributed by atoms with Crippen LogP contribution in [0.25, 0.3) is 0 Å². The van der Waals surface area contributed by atoms with Gasteiger partial charge in [-0.2, -0.15) is 5.10 Å². The number of benzene rings is 2. The quantitative estimate of drug-likeness (QED) is 0.305. The normalized spacial score (nSPS) is 10.6. The van der Waals surface area contributed by atoms with E-state index in [0.29, 0.717) is 23.2 Å². The minimum Gasteiger partial charge on any atom is -0.497 e. The van der Waals surface area contributed by atoms with Gasteiger partial charge >= 0.3 is 0 Å². The minimum atomic E-state index is 0.366. The molecule has 30 heavy (non-hydrogen) atoms. The van der Waals surface area contributed by atoms with Crippen LogP contribution in [0.4, 0.5) is 5.69 Å². The number of nitrogens with zero attached hydrogens (tertiary/aromatic N) is 2. The molecule has 7 nitrogen and oxygen atoms in total. The van der Waals surface area contributed by atoms with E-state index in [0.717, 1.165) is 27.7 Å². The zero-order chi connectivity index (χ0) is 21.3. The van der Waals surface area contributed by atoms with Crippen molar-refractivity contribution in [2.24, 2.45) is 5.10 Å². The minimum absolute atomic E-state index is 0.366. The summed E-state index contributed by atoms with van der Waals surface area (Å²) < 4.78 is 16.5. The van der Waals surface area contributed by atoms with E-state index in [-0.39, 0.29) is 0 Å². The molecule has 1 aromatic heterocycles. The van der Waals surface area contributed by atoms with Crippen LogP contribution in [0.15, 0.2) is 52.9 Å². The number of thiazole rings is 1. The molecule has 0 aliphatic rings. The van der Waals surface area contributed by atoms with Crippen LogP contribution in [0.5, 0.6) is 17.2 Å². The molecule has 0 aliphatic carbocycles. The Hall–Kier alpha value is -3.17. The summed E-state index contributed by atoms with van der Waals surface area (Å²) in [6.45, 7) is 2.36. The monoisotopic (exact) mass is 442 g/mol. The van der Waals surface area contributed by atoms with Crippen molar-refractivity contribution in [2.75, 3.05) is 19.5 Å². The topological polar surface area (TPSA) is 77.0 Å². The van der Waals surface area contributed by atoms with Crippen LogP contribution in [0.3, 0.4) is 0 Å². The Morgan fingerprint density at radius 3 is 2.77 bits per heavy atom. The highest BCUT2D eigenvalue weighted by molar-refractivity contribution is 7.80. The number of ether oxygens (including phenoxy) is 3. The summed E-state index contributed by atoms with van der Waals surface area (Å²) in [6.07, 6.45) is 1.65. The number of rotatable bonds is 8. The second-order valence-corrected chi connectivity index (χ2v) is 7.58. The molecular weight excluding hydrogens is 420 g/mol. The maximum atomic E-state index is 5.83. The van der Waals surface area contributed by atoms with Crippen LogP contribution in [0, 0.1) is 6.92 Å². The molecule has 0 atom stereocenters. The Morgan fingerprint density at radius 2 is 2.03 bits per heavy atom. The van der Waals surface area contributed by atoms with Gasteiger partial charge in [0, 0.05) is 17.1 Å². The van der Waals surface area contributed by atoms with E-state index in [1.54, 1.807) is 31.8 Å². The number of nitrogens with one attached hydrogen (secondary N) is 2. The van der Waals surface area contributed by atoms with Gasteiger partial charge in [-0.1, -0.05) is 6.07 Å². The van der Waals surface area contributed by atoms with Gasteiger partial charge in [0.25, 0.3) is 0 Å². The van der Waals surface area contributed by atoms with Gasteiger partial charge in [0.1, 0.15) is 12.4 Å². The lowest BCUT2D eigenvalue weighted by molar-refractivity contribution is 0.281. The molecule has 156 valence electrons. The first-order valence-electron chi connectivity index (χ1n) is 9.03. The third-order valence-electron chi connectivity index (χ3n) is 3.94. The number of aryl methyl sites for hydroxylation is 1.